The third-order valence-corrected chi connectivity index (χ3v) is 4.89. The van der Waals surface area contributed by atoms with E-state index >= 15 is 0 Å². The molecule has 0 saturated carbocycles. The Kier molecular flexibility index (Phi) is 5.51. The Hall–Kier alpha value is -0.750. The first-order chi connectivity index (χ1) is 9.15. The first-order valence-electron chi connectivity index (χ1n) is 6.51. The normalized spacial score (nSPS) is 13.1. The fraction of sp³-hybridized carbons (Fsp3) is 0.500. The second-order valence-corrected chi connectivity index (χ2v) is 6.83. The molecule has 0 radical (unpaired) electrons. The lowest BCUT2D eigenvalue weighted by atomic mass is 10.3. The number of nitrogens with one attached hydrogen (secondary N) is 1. The number of thiophene rings is 1. The van der Waals surface area contributed by atoms with Crippen molar-refractivity contribution in [3.05, 3.63) is 38.5 Å². The molecule has 2 heterocycles. The van der Waals surface area contributed by atoms with E-state index in [9.17, 15) is 0 Å². The zero-order valence-electron chi connectivity index (χ0n) is 11.7. The van der Waals surface area contributed by atoms with Crippen molar-refractivity contribution in [2.45, 2.75) is 26.4 Å². The zero-order valence-corrected chi connectivity index (χ0v) is 13.4. The van der Waals surface area contributed by atoms with Gasteiger partial charge in [-0.2, -0.15) is 0 Å². The van der Waals surface area contributed by atoms with E-state index in [4.69, 9.17) is 0 Å². The molecule has 0 aromatic carbocycles. The van der Waals surface area contributed by atoms with Gasteiger partial charge in [0.1, 0.15) is 0 Å². The zero-order chi connectivity index (χ0) is 13.7. The van der Waals surface area contributed by atoms with E-state index in [-0.39, 0.29) is 0 Å². The van der Waals surface area contributed by atoms with Crippen LogP contribution in [0.15, 0.2) is 22.9 Å². The highest BCUT2D eigenvalue weighted by Crippen LogP contribution is 2.17. The van der Waals surface area contributed by atoms with Crippen molar-refractivity contribution in [3.8, 4) is 0 Å². The number of aryl methyl sites for hydroxylation is 1. The molecule has 2 rings (SSSR count). The Morgan fingerprint density at radius 1 is 1.42 bits per heavy atom. The van der Waals surface area contributed by atoms with Gasteiger partial charge in [-0.1, -0.05) is 6.07 Å². The van der Waals surface area contributed by atoms with Gasteiger partial charge in [0.2, 0.25) is 0 Å². The van der Waals surface area contributed by atoms with E-state index in [0.29, 0.717) is 6.04 Å². The number of aromatic nitrogens is 1. The topological polar surface area (TPSA) is 28.2 Å². The Labute approximate surface area is 123 Å². The van der Waals surface area contributed by atoms with Gasteiger partial charge in [-0.25, -0.2) is 4.98 Å². The van der Waals surface area contributed by atoms with Crippen LogP contribution in [-0.4, -0.2) is 30.0 Å². The smallest absolute Gasteiger partial charge is 0.0897 e. The van der Waals surface area contributed by atoms with Crippen LogP contribution < -0.4 is 5.32 Å². The highest BCUT2D eigenvalue weighted by atomic mass is 32.1. The van der Waals surface area contributed by atoms with E-state index in [1.165, 1.54) is 10.6 Å². The summed E-state index contributed by atoms with van der Waals surface area (Å²) in [6.45, 7) is 7.23. The minimum atomic E-state index is 0.440. The summed E-state index contributed by atoms with van der Waals surface area (Å²) in [6.07, 6.45) is 0. The molecule has 5 heteroatoms. The van der Waals surface area contributed by atoms with Gasteiger partial charge in [0.25, 0.3) is 0 Å². The summed E-state index contributed by atoms with van der Waals surface area (Å²) in [5.41, 5.74) is 1.18. The summed E-state index contributed by atoms with van der Waals surface area (Å²) in [6, 6.07) is 4.73. The lowest BCUT2D eigenvalue weighted by Gasteiger charge is -2.18. The number of rotatable bonds is 7. The number of thiazole rings is 1. The van der Waals surface area contributed by atoms with Crippen molar-refractivity contribution in [1.29, 1.82) is 0 Å². The van der Waals surface area contributed by atoms with Crippen molar-refractivity contribution in [3.63, 3.8) is 0 Å². The maximum absolute atomic E-state index is 4.49. The first-order valence-corrected chi connectivity index (χ1v) is 8.27. The van der Waals surface area contributed by atoms with E-state index < -0.39 is 0 Å². The van der Waals surface area contributed by atoms with Crippen LogP contribution in [0.3, 0.4) is 0 Å². The molecule has 2 aromatic heterocycles. The summed E-state index contributed by atoms with van der Waals surface area (Å²) in [4.78, 5) is 8.20. The summed E-state index contributed by atoms with van der Waals surface area (Å²) in [5, 5.41) is 8.98. The molecule has 3 nitrogen and oxygen atoms in total. The molecule has 1 unspecified atom stereocenters. The van der Waals surface area contributed by atoms with Crippen LogP contribution in [0.25, 0.3) is 0 Å². The number of likely N-dealkylation sites (N-methyl/N-ethyl adjacent to an activating group) is 1. The highest BCUT2D eigenvalue weighted by Gasteiger charge is 2.07. The van der Waals surface area contributed by atoms with Gasteiger partial charge in [-0.3, -0.25) is 4.90 Å². The average Bonchev–Trinajstić information content (AvgIpc) is 3.00. The van der Waals surface area contributed by atoms with Gasteiger partial charge < -0.3 is 5.32 Å². The van der Waals surface area contributed by atoms with Crippen molar-refractivity contribution in [2.24, 2.45) is 0 Å². The van der Waals surface area contributed by atoms with Gasteiger partial charge in [0, 0.05) is 35.9 Å². The maximum atomic E-state index is 4.49. The Balaban J connectivity index is 1.68. The number of hydrogen-bond donors (Lipinski definition) is 1. The van der Waals surface area contributed by atoms with Crippen LogP contribution in [-0.2, 0) is 6.54 Å². The van der Waals surface area contributed by atoms with Crippen molar-refractivity contribution >= 4 is 22.7 Å². The average molecular weight is 295 g/mol. The molecule has 0 aliphatic heterocycles. The van der Waals surface area contributed by atoms with E-state index in [2.05, 4.69) is 59.0 Å². The van der Waals surface area contributed by atoms with Crippen LogP contribution >= 0.6 is 22.7 Å². The lowest BCUT2D eigenvalue weighted by Crippen LogP contribution is -2.30. The van der Waals surface area contributed by atoms with Gasteiger partial charge >= 0.3 is 0 Å². The van der Waals surface area contributed by atoms with E-state index in [0.717, 1.165) is 24.6 Å². The highest BCUT2D eigenvalue weighted by molar-refractivity contribution is 7.10. The molecule has 19 heavy (non-hydrogen) atoms. The molecular weight excluding hydrogens is 274 g/mol. The number of nitrogens with zero attached hydrogens (tertiary/aromatic N) is 2. The van der Waals surface area contributed by atoms with Crippen LogP contribution in [0.4, 0.5) is 0 Å². The fourth-order valence-electron chi connectivity index (χ4n) is 1.95. The van der Waals surface area contributed by atoms with Gasteiger partial charge in [-0.05, 0) is 32.3 Å². The molecule has 0 fully saturated rings. The van der Waals surface area contributed by atoms with Crippen LogP contribution in [0.5, 0.6) is 0 Å². The van der Waals surface area contributed by atoms with Gasteiger partial charge in [-0.15, -0.1) is 22.7 Å². The number of hydrogen-bond acceptors (Lipinski definition) is 5. The second kappa shape index (κ2) is 7.14. The largest absolute Gasteiger partial charge is 0.308 e. The van der Waals surface area contributed by atoms with Crippen molar-refractivity contribution in [2.75, 3.05) is 20.1 Å². The molecule has 104 valence electrons. The summed E-state index contributed by atoms with van der Waals surface area (Å²) >= 11 is 3.53. The second-order valence-electron chi connectivity index (χ2n) is 4.79. The molecule has 1 N–H and O–H groups in total. The minimum Gasteiger partial charge on any atom is -0.308 e. The molecule has 1 atom stereocenters. The molecule has 2 aromatic rings. The third kappa shape index (κ3) is 4.69. The van der Waals surface area contributed by atoms with Crippen molar-refractivity contribution < 1.29 is 0 Å². The van der Waals surface area contributed by atoms with Gasteiger partial charge in [0.05, 0.1) is 10.7 Å². The van der Waals surface area contributed by atoms with Crippen molar-refractivity contribution in [1.82, 2.24) is 15.2 Å². The quantitative estimate of drug-likeness (QED) is 0.849. The van der Waals surface area contributed by atoms with Gasteiger partial charge in [0.15, 0.2) is 0 Å². The Morgan fingerprint density at radius 2 is 2.26 bits per heavy atom. The molecule has 0 aliphatic rings. The molecule has 0 spiro atoms. The Morgan fingerprint density at radius 3 is 2.89 bits per heavy atom. The standard InChI is InChI=1S/C14H21N3S2/c1-11(14-5-4-8-18-14)15-6-7-17(3)9-13-10-19-12(2)16-13/h4-5,8,10-11,15H,6-7,9H2,1-3H3. The summed E-state index contributed by atoms with van der Waals surface area (Å²) in [7, 11) is 2.15. The third-order valence-electron chi connectivity index (χ3n) is 3.01. The summed E-state index contributed by atoms with van der Waals surface area (Å²) < 4.78 is 0. The fourth-order valence-corrected chi connectivity index (χ4v) is 3.31. The molecule has 0 aliphatic carbocycles. The first kappa shape index (κ1) is 14.7. The predicted molar refractivity (Wildman–Crippen MR) is 83.9 cm³/mol. The van der Waals surface area contributed by atoms with Crippen LogP contribution in [0, 0.1) is 6.92 Å². The summed E-state index contributed by atoms with van der Waals surface area (Å²) in [5.74, 6) is 0. The maximum Gasteiger partial charge on any atom is 0.0897 e. The predicted octanol–water partition coefficient (Wildman–Crippen LogP) is 3.30. The molecule has 0 bridgehead atoms. The van der Waals surface area contributed by atoms with E-state index in [1.807, 2.05) is 11.3 Å². The van der Waals surface area contributed by atoms with Crippen LogP contribution in [0.2, 0.25) is 0 Å². The molecule has 0 amide bonds. The van der Waals surface area contributed by atoms with Crippen LogP contribution in [0.1, 0.15) is 28.5 Å². The lowest BCUT2D eigenvalue weighted by molar-refractivity contribution is 0.316. The minimum absolute atomic E-state index is 0.440. The van der Waals surface area contributed by atoms with E-state index in [1.54, 1.807) is 11.3 Å². The SMILES string of the molecule is Cc1nc(CN(C)CCNC(C)c2cccs2)cs1. The monoisotopic (exact) mass is 295 g/mol. The molecular formula is C14H21N3S2. The molecule has 0 saturated heterocycles. The Bertz CT molecular complexity index is 479.